The SMILES string of the molecule is CCCC1(c2ccc(F)cc2F)CO1. The summed E-state index contributed by atoms with van der Waals surface area (Å²) in [7, 11) is 0. The fourth-order valence-corrected chi connectivity index (χ4v) is 1.78. The molecule has 1 atom stereocenters. The van der Waals surface area contributed by atoms with E-state index in [4.69, 9.17) is 4.74 Å². The van der Waals surface area contributed by atoms with E-state index < -0.39 is 17.2 Å². The van der Waals surface area contributed by atoms with E-state index >= 15 is 0 Å². The van der Waals surface area contributed by atoms with Gasteiger partial charge in [0.1, 0.15) is 17.2 Å². The second kappa shape index (κ2) is 3.31. The van der Waals surface area contributed by atoms with Crippen LogP contribution in [0, 0.1) is 11.6 Å². The Labute approximate surface area is 81.7 Å². The molecule has 0 bridgehead atoms. The smallest absolute Gasteiger partial charge is 0.132 e. The highest BCUT2D eigenvalue weighted by Crippen LogP contribution is 2.43. The van der Waals surface area contributed by atoms with Crippen LogP contribution in [-0.4, -0.2) is 6.61 Å². The molecule has 1 aliphatic rings. The average Bonchev–Trinajstić information content (AvgIpc) is 2.86. The quantitative estimate of drug-likeness (QED) is 0.680. The van der Waals surface area contributed by atoms with E-state index in [0.717, 1.165) is 18.9 Å². The number of rotatable bonds is 3. The molecule has 1 aromatic rings. The van der Waals surface area contributed by atoms with Crippen LogP contribution in [0.5, 0.6) is 0 Å². The molecule has 1 nitrogen and oxygen atoms in total. The number of benzene rings is 1. The average molecular weight is 198 g/mol. The van der Waals surface area contributed by atoms with Gasteiger partial charge in [0.25, 0.3) is 0 Å². The van der Waals surface area contributed by atoms with Crippen LogP contribution in [-0.2, 0) is 10.3 Å². The zero-order chi connectivity index (χ0) is 10.2. The molecule has 0 N–H and O–H groups in total. The van der Waals surface area contributed by atoms with Gasteiger partial charge in [0, 0.05) is 11.6 Å². The molecular formula is C11H12F2O. The van der Waals surface area contributed by atoms with E-state index in [1.807, 2.05) is 6.92 Å². The first-order chi connectivity index (χ1) is 6.68. The summed E-state index contributed by atoms with van der Waals surface area (Å²) < 4.78 is 31.3. The highest BCUT2D eigenvalue weighted by Gasteiger charge is 2.47. The van der Waals surface area contributed by atoms with E-state index in [0.29, 0.717) is 12.2 Å². The van der Waals surface area contributed by atoms with Gasteiger partial charge in [-0.1, -0.05) is 19.4 Å². The van der Waals surface area contributed by atoms with Gasteiger partial charge in [0.05, 0.1) is 6.61 Å². The Morgan fingerprint density at radius 2 is 2.14 bits per heavy atom. The normalized spacial score (nSPS) is 25.1. The fourth-order valence-electron chi connectivity index (χ4n) is 1.78. The Hall–Kier alpha value is -0.960. The van der Waals surface area contributed by atoms with Crippen molar-refractivity contribution in [2.45, 2.75) is 25.4 Å². The highest BCUT2D eigenvalue weighted by atomic mass is 19.1. The van der Waals surface area contributed by atoms with E-state index in [1.54, 1.807) is 0 Å². The minimum absolute atomic E-state index is 0.466. The van der Waals surface area contributed by atoms with Crippen molar-refractivity contribution in [1.29, 1.82) is 0 Å². The Bertz CT molecular complexity index is 345. The van der Waals surface area contributed by atoms with Crippen molar-refractivity contribution in [2.75, 3.05) is 6.61 Å². The Balaban J connectivity index is 2.32. The third-order valence-corrected chi connectivity index (χ3v) is 2.57. The summed E-state index contributed by atoms with van der Waals surface area (Å²) in [6, 6.07) is 3.67. The molecule has 1 heterocycles. The molecule has 1 aliphatic heterocycles. The van der Waals surface area contributed by atoms with Crippen LogP contribution in [0.25, 0.3) is 0 Å². The first-order valence-electron chi connectivity index (χ1n) is 4.77. The molecule has 0 radical (unpaired) electrons. The minimum atomic E-state index is -0.543. The van der Waals surface area contributed by atoms with Crippen LogP contribution in [0.15, 0.2) is 18.2 Å². The maximum absolute atomic E-state index is 13.4. The molecule has 0 aromatic heterocycles. The van der Waals surface area contributed by atoms with Gasteiger partial charge >= 0.3 is 0 Å². The van der Waals surface area contributed by atoms with E-state index in [2.05, 4.69) is 0 Å². The maximum atomic E-state index is 13.4. The van der Waals surface area contributed by atoms with Crippen molar-refractivity contribution in [3.05, 3.63) is 35.4 Å². The zero-order valence-electron chi connectivity index (χ0n) is 8.02. The molecule has 76 valence electrons. The molecule has 0 spiro atoms. The van der Waals surface area contributed by atoms with Crippen molar-refractivity contribution in [3.8, 4) is 0 Å². The van der Waals surface area contributed by atoms with Crippen molar-refractivity contribution in [2.24, 2.45) is 0 Å². The predicted octanol–water partition coefficient (Wildman–Crippen LogP) is 2.99. The lowest BCUT2D eigenvalue weighted by Crippen LogP contribution is -2.10. The molecule has 1 aromatic carbocycles. The molecule has 2 rings (SSSR count). The second-order valence-corrected chi connectivity index (χ2v) is 3.66. The first-order valence-corrected chi connectivity index (χ1v) is 4.77. The number of epoxide rings is 1. The lowest BCUT2D eigenvalue weighted by Gasteiger charge is -2.11. The van der Waals surface area contributed by atoms with Crippen LogP contribution in [0.4, 0.5) is 8.78 Å². The van der Waals surface area contributed by atoms with E-state index in [-0.39, 0.29) is 0 Å². The van der Waals surface area contributed by atoms with E-state index in [9.17, 15) is 8.78 Å². The molecule has 0 aliphatic carbocycles. The Morgan fingerprint density at radius 1 is 1.43 bits per heavy atom. The maximum Gasteiger partial charge on any atom is 0.132 e. The summed E-state index contributed by atoms with van der Waals surface area (Å²) in [6.07, 6.45) is 1.71. The lowest BCUT2D eigenvalue weighted by atomic mass is 9.95. The highest BCUT2D eigenvalue weighted by molar-refractivity contribution is 5.28. The predicted molar refractivity (Wildman–Crippen MR) is 48.9 cm³/mol. The van der Waals surface area contributed by atoms with Gasteiger partial charge < -0.3 is 4.74 Å². The number of hydrogen-bond donors (Lipinski definition) is 0. The van der Waals surface area contributed by atoms with Gasteiger partial charge in [-0.05, 0) is 12.5 Å². The standard InChI is InChI=1S/C11H12F2O/c1-2-5-11(7-14-11)9-4-3-8(12)6-10(9)13/h3-4,6H,2,5,7H2,1H3. The van der Waals surface area contributed by atoms with Gasteiger partial charge in [0.2, 0.25) is 0 Å². The summed E-state index contributed by atoms with van der Waals surface area (Å²) in [5, 5.41) is 0. The number of halogens is 2. The summed E-state index contributed by atoms with van der Waals surface area (Å²) >= 11 is 0. The van der Waals surface area contributed by atoms with Gasteiger partial charge in [-0.3, -0.25) is 0 Å². The van der Waals surface area contributed by atoms with Crippen molar-refractivity contribution >= 4 is 0 Å². The van der Waals surface area contributed by atoms with Crippen LogP contribution >= 0.6 is 0 Å². The Morgan fingerprint density at radius 3 is 2.64 bits per heavy atom. The van der Waals surface area contributed by atoms with Crippen molar-refractivity contribution in [1.82, 2.24) is 0 Å². The minimum Gasteiger partial charge on any atom is -0.364 e. The van der Waals surface area contributed by atoms with Crippen molar-refractivity contribution < 1.29 is 13.5 Å². The second-order valence-electron chi connectivity index (χ2n) is 3.66. The molecule has 1 fully saturated rings. The monoisotopic (exact) mass is 198 g/mol. The van der Waals surface area contributed by atoms with Gasteiger partial charge in [-0.15, -0.1) is 0 Å². The third kappa shape index (κ3) is 1.52. The van der Waals surface area contributed by atoms with Gasteiger partial charge in [-0.25, -0.2) is 8.78 Å². The molecule has 1 unspecified atom stereocenters. The molecular weight excluding hydrogens is 186 g/mol. The summed E-state index contributed by atoms with van der Waals surface area (Å²) in [6.45, 7) is 2.56. The number of ether oxygens (including phenoxy) is 1. The largest absolute Gasteiger partial charge is 0.364 e. The summed E-state index contributed by atoms with van der Waals surface area (Å²) in [4.78, 5) is 0. The molecule has 0 saturated carbocycles. The Kier molecular flexibility index (Phi) is 2.27. The van der Waals surface area contributed by atoms with E-state index in [1.165, 1.54) is 12.1 Å². The van der Waals surface area contributed by atoms with Crippen molar-refractivity contribution in [3.63, 3.8) is 0 Å². The summed E-state index contributed by atoms with van der Waals surface area (Å²) in [5.41, 5.74) is 0.0211. The zero-order valence-corrected chi connectivity index (χ0v) is 8.02. The summed E-state index contributed by atoms with van der Waals surface area (Å²) in [5.74, 6) is -1.05. The van der Waals surface area contributed by atoms with Gasteiger partial charge in [-0.2, -0.15) is 0 Å². The van der Waals surface area contributed by atoms with Gasteiger partial charge in [0.15, 0.2) is 0 Å². The fraction of sp³-hybridized carbons (Fsp3) is 0.455. The lowest BCUT2D eigenvalue weighted by molar-refractivity contribution is 0.283. The van der Waals surface area contributed by atoms with Crippen LogP contribution < -0.4 is 0 Å². The first kappa shape index (κ1) is 9.59. The topological polar surface area (TPSA) is 12.5 Å². The third-order valence-electron chi connectivity index (χ3n) is 2.57. The molecule has 14 heavy (non-hydrogen) atoms. The van der Waals surface area contributed by atoms with Crippen LogP contribution in [0.1, 0.15) is 25.3 Å². The van der Waals surface area contributed by atoms with Crippen LogP contribution in [0.3, 0.4) is 0 Å². The molecule has 1 saturated heterocycles. The van der Waals surface area contributed by atoms with Crippen LogP contribution in [0.2, 0.25) is 0 Å². The molecule has 3 heteroatoms. The molecule has 0 amide bonds. The number of hydrogen-bond acceptors (Lipinski definition) is 1.